The normalized spacial score (nSPS) is 10.6. The Morgan fingerprint density at radius 3 is 2.33 bits per heavy atom. The van der Waals surface area contributed by atoms with Crippen molar-refractivity contribution in [3.05, 3.63) is 0 Å². The molecule has 0 aromatic rings. The lowest BCUT2D eigenvalue weighted by Crippen LogP contribution is -2.43. The van der Waals surface area contributed by atoms with Crippen LogP contribution >= 0.6 is 0 Å². The van der Waals surface area contributed by atoms with Gasteiger partial charge >= 0.3 is 12.2 Å². The predicted octanol–water partition coefficient (Wildman–Crippen LogP) is 1.58. The minimum absolute atomic E-state index is 0.438. The van der Waals surface area contributed by atoms with Crippen molar-refractivity contribution in [1.82, 2.24) is 5.32 Å². The van der Waals surface area contributed by atoms with Gasteiger partial charge in [-0.15, -0.1) is 0 Å². The average molecular weight is 175 g/mol. The maximum Gasteiger partial charge on any atom is 0.514 e. The molecule has 0 aliphatic rings. The number of carbonyl (C=O) groups excluding carboxylic acids is 1. The van der Waals surface area contributed by atoms with Crippen molar-refractivity contribution in [2.24, 2.45) is 0 Å². The summed E-state index contributed by atoms with van der Waals surface area (Å²) >= 11 is 0. The lowest BCUT2D eigenvalue weighted by molar-refractivity contribution is 0.105. The summed E-state index contributed by atoms with van der Waals surface area (Å²) in [4.78, 5) is 20.6. The van der Waals surface area contributed by atoms with Gasteiger partial charge in [-0.3, -0.25) is 0 Å². The van der Waals surface area contributed by atoms with Crippen LogP contribution in [0.15, 0.2) is 0 Å². The third-order valence-electron chi connectivity index (χ3n) is 1.50. The van der Waals surface area contributed by atoms with E-state index in [0.717, 1.165) is 0 Å². The molecule has 0 rings (SSSR count). The molecule has 12 heavy (non-hydrogen) atoms. The third-order valence-corrected chi connectivity index (χ3v) is 1.50. The van der Waals surface area contributed by atoms with Crippen LogP contribution in [0.25, 0.3) is 0 Å². The number of carbonyl (C=O) groups is 2. The Kier molecular flexibility index (Phi) is 3.53. The fourth-order valence-electron chi connectivity index (χ4n) is 0.469. The van der Waals surface area contributed by atoms with Gasteiger partial charge in [0.15, 0.2) is 0 Å². The fraction of sp³-hybridized carbons (Fsp3) is 0.714. The van der Waals surface area contributed by atoms with Crippen LogP contribution in [0.3, 0.4) is 0 Å². The van der Waals surface area contributed by atoms with Gasteiger partial charge in [0.1, 0.15) is 0 Å². The molecule has 5 heteroatoms. The molecule has 2 N–H and O–H groups in total. The highest BCUT2D eigenvalue weighted by atomic mass is 16.7. The second kappa shape index (κ2) is 3.94. The quantitative estimate of drug-likeness (QED) is 0.493. The Balaban J connectivity index is 3.92. The SMILES string of the molecule is CCC(C)(C)NC(=O)OC(=O)O. The largest absolute Gasteiger partial charge is 0.514 e. The van der Waals surface area contributed by atoms with Gasteiger partial charge in [-0.1, -0.05) is 6.92 Å². The maximum absolute atomic E-state index is 10.7. The average Bonchev–Trinajstić information content (AvgIpc) is 1.84. The number of hydrogen-bond acceptors (Lipinski definition) is 3. The first-order valence-corrected chi connectivity index (χ1v) is 3.60. The topological polar surface area (TPSA) is 75.6 Å². The van der Waals surface area contributed by atoms with E-state index in [-0.39, 0.29) is 0 Å². The third kappa shape index (κ3) is 4.54. The highest BCUT2D eigenvalue weighted by Crippen LogP contribution is 2.06. The van der Waals surface area contributed by atoms with E-state index < -0.39 is 17.8 Å². The Bertz CT molecular complexity index is 188. The Hall–Kier alpha value is -1.26. The summed E-state index contributed by atoms with van der Waals surface area (Å²) in [6.45, 7) is 5.42. The molecule has 0 saturated carbocycles. The zero-order valence-corrected chi connectivity index (χ0v) is 7.38. The Morgan fingerprint density at radius 2 is 2.00 bits per heavy atom. The van der Waals surface area contributed by atoms with Crippen LogP contribution in [0, 0.1) is 0 Å². The number of ether oxygens (including phenoxy) is 1. The van der Waals surface area contributed by atoms with Gasteiger partial charge in [-0.2, -0.15) is 0 Å². The number of carboxylic acid groups (broad SMARTS) is 1. The zero-order chi connectivity index (χ0) is 9.78. The molecule has 0 saturated heterocycles. The maximum atomic E-state index is 10.7. The second-order valence-corrected chi connectivity index (χ2v) is 3.02. The van der Waals surface area contributed by atoms with Crippen molar-refractivity contribution in [2.45, 2.75) is 32.7 Å². The van der Waals surface area contributed by atoms with E-state index in [0.29, 0.717) is 6.42 Å². The molecule has 5 nitrogen and oxygen atoms in total. The summed E-state index contributed by atoms with van der Waals surface area (Å²) in [5.41, 5.74) is -0.438. The molecule has 0 aliphatic carbocycles. The van der Waals surface area contributed by atoms with Crippen molar-refractivity contribution >= 4 is 12.2 Å². The van der Waals surface area contributed by atoms with Crippen molar-refractivity contribution in [1.29, 1.82) is 0 Å². The molecular formula is C7H13NO4. The predicted molar refractivity (Wildman–Crippen MR) is 42.0 cm³/mol. The summed E-state index contributed by atoms with van der Waals surface area (Å²) in [6, 6.07) is 0. The van der Waals surface area contributed by atoms with Gasteiger partial charge in [0.2, 0.25) is 0 Å². The van der Waals surface area contributed by atoms with Crippen LogP contribution < -0.4 is 5.32 Å². The molecule has 0 heterocycles. The summed E-state index contributed by atoms with van der Waals surface area (Å²) in [5.74, 6) is 0. The van der Waals surface area contributed by atoms with Crippen molar-refractivity contribution in [3.8, 4) is 0 Å². The summed E-state index contributed by atoms with van der Waals surface area (Å²) in [7, 11) is 0. The first kappa shape index (κ1) is 10.7. The minimum Gasteiger partial charge on any atom is -0.449 e. The van der Waals surface area contributed by atoms with Gasteiger partial charge in [0, 0.05) is 5.54 Å². The number of nitrogens with one attached hydrogen (secondary N) is 1. The van der Waals surface area contributed by atoms with E-state index in [1.165, 1.54) is 0 Å². The van der Waals surface area contributed by atoms with Crippen molar-refractivity contribution < 1.29 is 19.4 Å². The molecule has 0 aromatic heterocycles. The molecular weight excluding hydrogens is 162 g/mol. The molecule has 0 bridgehead atoms. The molecule has 0 atom stereocenters. The zero-order valence-electron chi connectivity index (χ0n) is 7.38. The Morgan fingerprint density at radius 1 is 1.50 bits per heavy atom. The standard InChI is InChI=1S/C7H13NO4/c1-4-7(2,3)8-5(9)12-6(10)11/h4H2,1-3H3,(H,8,9)(H,10,11). The molecule has 0 aliphatic heterocycles. The summed E-state index contributed by atoms with van der Waals surface area (Å²) in [5, 5.41) is 10.5. The van der Waals surface area contributed by atoms with Crippen LogP contribution in [0.2, 0.25) is 0 Å². The smallest absolute Gasteiger partial charge is 0.449 e. The first-order chi connectivity index (χ1) is 5.37. The highest BCUT2D eigenvalue weighted by molar-refractivity contribution is 5.79. The van der Waals surface area contributed by atoms with Crippen LogP contribution in [-0.2, 0) is 4.74 Å². The lowest BCUT2D eigenvalue weighted by Gasteiger charge is -2.22. The summed E-state index contributed by atoms with van der Waals surface area (Å²) < 4.78 is 3.85. The fourth-order valence-corrected chi connectivity index (χ4v) is 0.469. The van der Waals surface area contributed by atoms with Crippen molar-refractivity contribution in [3.63, 3.8) is 0 Å². The molecule has 0 radical (unpaired) electrons. The number of alkyl carbamates (subject to hydrolysis) is 1. The van der Waals surface area contributed by atoms with Crippen LogP contribution in [0.4, 0.5) is 9.59 Å². The molecule has 1 amide bonds. The monoisotopic (exact) mass is 175 g/mol. The number of rotatable bonds is 2. The molecule has 0 unspecified atom stereocenters. The summed E-state index contributed by atoms with van der Waals surface area (Å²) in [6.07, 6.45) is -1.84. The van der Waals surface area contributed by atoms with Gasteiger partial charge < -0.3 is 15.2 Å². The van der Waals surface area contributed by atoms with E-state index >= 15 is 0 Å². The lowest BCUT2D eigenvalue weighted by atomic mass is 10.0. The van der Waals surface area contributed by atoms with Gasteiger partial charge in [-0.05, 0) is 20.3 Å². The molecule has 0 aromatic carbocycles. The van der Waals surface area contributed by atoms with Crippen LogP contribution in [-0.4, -0.2) is 22.9 Å². The Labute approximate surface area is 70.7 Å². The van der Waals surface area contributed by atoms with E-state index in [2.05, 4.69) is 10.1 Å². The van der Waals surface area contributed by atoms with Gasteiger partial charge in [0.25, 0.3) is 0 Å². The molecule has 70 valence electrons. The van der Waals surface area contributed by atoms with Gasteiger partial charge in [-0.25, -0.2) is 9.59 Å². The molecule has 0 spiro atoms. The van der Waals surface area contributed by atoms with E-state index in [4.69, 9.17) is 5.11 Å². The molecule has 0 fully saturated rings. The first-order valence-electron chi connectivity index (χ1n) is 3.60. The second-order valence-electron chi connectivity index (χ2n) is 3.02. The van der Waals surface area contributed by atoms with E-state index in [1.807, 2.05) is 6.92 Å². The highest BCUT2D eigenvalue weighted by Gasteiger charge is 2.19. The minimum atomic E-state index is -1.60. The number of hydrogen-bond donors (Lipinski definition) is 2. The number of amides is 1. The van der Waals surface area contributed by atoms with Gasteiger partial charge in [0.05, 0.1) is 0 Å². The van der Waals surface area contributed by atoms with Crippen LogP contribution in [0.5, 0.6) is 0 Å². The van der Waals surface area contributed by atoms with E-state index in [1.54, 1.807) is 13.8 Å². The van der Waals surface area contributed by atoms with E-state index in [9.17, 15) is 9.59 Å². The van der Waals surface area contributed by atoms with Crippen molar-refractivity contribution in [2.75, 3.05) is 0 Å². The van der Waals surface area contributed by atoms with Crippen LogP contribution in [0.1, 0.15) is 27.2 Å².